The van der Waals surface area contributed by atoms with Gasteiger partial charge in [-0.3, -0.25) is 9.52 Å². The van der Waals surface area contributed by atoms with Crippen molar-refractivity contribution < 1.29 is 17.6 Å². The first-order valence-electron chi connectivity index (χ1n) is 7.79. The SMILES string of the molecule is CC(NC(=O)c1cc2c(F)cccc2s1)c1cccc(NS(C)(=O)=O)c1. The van der Waals surface area contributed by atoms with E-state index in [4.69, 9.17) is 0 Å². The molecule has 0 fully saturated rings. The van der Waals surface area contributed by atoms with Crippen LogP contribution in [0.2, 0.25) is 0 Å². The summed E-state index contributed by atoms with van der Waals surface area (Å²) in [6.45, 7) is 1.80. The Labute approximate surface area is 154 Å². The average molecular weight is 392 g/mol. The van der Waals surface area contributed by atoms with Crippen molar-refractivity contribution in [3.8, 4) is 0 Å². The van der Waals surface area contributed by atoms with Gasteiger partial charge in [0.05, 0.1) is 17.2 Å². The van der Waals surface area contributed by atoms with Gasteiger partial charge >= 0.3 is 0 Å². The Balaban J connectivity index is 1.78. The highest BCUT2D eigenvalue weighted by Crippen LogP contribution is 2.28. The van der Waals surface area contributed by atoms with Crippen molar-refractivity contribution >= 4 is 43.0 Å². The third-order valence-electron chi connectivity index (χ3n) is 3.77. The van der Waals surface area contributed by atoms with Crippen molar-refractivity contribution in [1.29, 1.82) is 0 Å². The average Bonchev–Trinajstić information content (AvgIpc) is 2.99. The third kappa shape index (κ3) is 4.20. The molecule has 1 amide bonds. The maximum absolute atomic E-state index is 13.8. The van der Waals surface area contributed by atoms with Gasteiger partial charge in [0.15, 0.2) is 0 Å². The fourth-order valence-corrected chi connectivity index (χ4v) is 4.11. The van der Waals surface area contributed by atoms with Crippen molar-refractivity contribution in [3.63, 3.8) is 0 Å². The van der Waals surface area contributed by atoms with E-state index in [9.17, 15) is 17.6 Å². The number of thiophene rings is 1. The second-order valence-corrected chi connectivity index (χ2v) is 8.79. The molecule has 3 rings (SSSR count). The molecule has 2 aromatic carbocycles. The summed E-state index contributed by atoms with van der Waals surface area (Å²) >= 11 is 1.22. The van der Waals surface area contributed by atoms with Crippen LogP contribution in [-0.4, -0.2) is 20.6 Å². The Morgan fingerprint density at radius 3 is 2.58 bits per heavy atom. The molecule has 8 heteroatoms. The fraction of sp³-hybridized carbons (Fsp3) is 0.167. The Bertz CT molecular complexity index is 1080. The molecule has 136 valence electrons. The molecule has 1 atom stereocenters. The zero-order chi connectivity index (χ0) is 18.9. The zero-order valence-electron chi connectivity index (χ0n) is 14.1. The Morgan fingerprint density at radius 1 is 1.15 bits per heavy atom. The lowest BCUT2D eigenvalue weighted by Gasteiger charge is -2.15. The molecule has 0 saturated carbocycles. The molecule has 1 unspecified atom stereocenters. The Kier molecular flexibility index (Phi) is 4.97. The van der Waals surface area contributed by atoms with Crippen LogP contribution in [-0.2, 0) is 10.0 Å². The van der Waals surface area contributed by atoms with E-state index in [0.29, 0.717) is 20.7 Å². The first-order chi connectivity index (χ1) is 12.2. The van der Waals surface area contributed by atoms with Crippen LogP contribution in [0.1, 0.15) is 28.2 Å². The van der Waals surface area contributed by atoms with E-state index >= 15 is 0 Å². The number of carbonyl (C=O) groups is 1. The van der Waals surface area contributed by atoms with Crippen LogP contribution in [0.4, 0.5) is 10.1 Å². The summed E-state index contributed by atoms with van der Waals surface area (Å²) in [6.07, 6.45) is 1.07. The minimum atomic E-state index is -3.38. The summed E-state index contributed by atoms with van der Waals surface area (Å²) in [5, 5.41) is 3.28. The van der Waals surface area contributed by atoms with Gasteiger partial charge in [0.2, 0.25) is 10.0 Å². The van der Waals surface area contributed by atoms with E-state index in [-0.39, 0.29) is 17.8 Å². The molecule has 0 aliphatic rings. The highest BCUT2D eigenvalue weighted by molar-refractivity contribution is 7.92. The number of hydrogen-bond donors (Lipinski definition) is 2. The van der Waals surface area contributed by atoms with Crippen molar-refractivity contribution in [2.45, 2.75) is 13.0 Å². The van der Waals surface area contributed by atoms with E-state index in [1.54, 1.807) is 49.4 Å². The van der Waals surface area contributed by atoms with E-state index in [1.165, 1.54) is 17.4 Å². The van der Waals surface area contributed by atoms with E-state index < -0.39 is 10.0 Å². The Morgan fingerprint density at radius 2 is 1.88 bits per heavy atom. The molecule has 0 aliphatic carbocycles. The molecule has 3 aromatic rings. The smallest absolute Gasteiger partial charge is 0.261 e. The van der Waals surface area contributed by atoms with Gasteiger partial charge < -0.3 is 5.32 Å². The number of carbonyl (C=O) groups excluding carboxylic acids is 1. The van der Waals surface area contributed by atoms with Crippen molar-refractivity contribution in [2.24, 2.45) is 0 Å². The molecule has 0 radical (unpaired) electrons. The molecule has 0 bridgehead atoms. The second-order valence-electron chi connectivity index (χ2n) is 5.96. The lowest BCUT2D eigenvalue weighted by Crippen LogP contribution is -2.26. The molecular formula is C18H17FN2O3S2. The summed E-state index contributed by atoms with van der Waals surface area (Å²) in [5.74, 6) is -0.662. The highest BCUT2D eigenvalue weighted by Gasteiger charge is 2.16. The molecule has 26 heavy (non-hydrogen) atoms. The summed E-state index contributed by atoms with van der Waals surface area (Å²) in [7, 11) is -3.38. The molecule has 1 heterocycles. The lowest BCUT2D eigenvalue weighted by atomic mass is 10.1. The van der Waals surface area contributed by atoms with Gasteiger partial charge in [-0.25, -0.2) is 12.8 Å². The number of anilines is 1. The molecule has 0 aliphatic heterocycles. The maximum Gasteiger partial charge on any atom is 0.261 e. The van der Waals surface area contributed by atoms with Gasteiger partial charge in [-0.05, 0) is 42.8 Å². The predicted molar refractivity (Wildman–Crippen MR) is 103 cm³/mol. The van der Waals surface area contributed by atoms with Gasteiger partial charge in [0, 0.05) is 15.8 Å². The zero-order valence-corrected chi connectivity index (χ0v) is 15.7. The summed E-state index contributed by atoms with van der Waals surface area (Å²) in [4.78, 5) is 12.9. The quantitative estimate of drug-likeness (QED) is 0.691. The number of halogens is 1. The number of amides is 1. The van der Waals surface area contributed by atoms with Crippen molar-refractivity contribution in [1.82, 2.24) is 5.32 Å². The van der Waals surface area contributed by atoms with Crippen LogP contribution in [0.3, 0.4) is 0 Å². The fourth-order valence-electron chi connectivity index (χ4n) is 2.57. The normalized spacial score (nSPS) is 12.7. The van der Waals surface area contributed by atoms with Gasteiger partial charge in [-0.2, -0.15) is 0 Å². The Hall–Kier alpha value is -2.45. The molecule has 2 N–H and O–H groups in total. The topological polar surface area (TPSA) is 75.3 Å². The van der Waals surface area contributed by atoms with Crippen LogP contribution in [0.5, 0.6) is 0 Å². The number of nitrogens with one attached hydrogen (secondary N) is 2. The first kappa shape index (κ1) is 18.3. The number of hydrogen-bond acceptors (Lipinski definition) is 4. The van der Waals surface area contributed by atoms with Gasteiger partial charge in [-0.15, -0.1) is 11.3 Å². The maximum atomic E-state index is 13.8. The molecule has 1 aromatic heterocycles. The monoisotopic (exact) mass is 392 g/mol. The summed E-state index contributed by atoms with van der Waals surface area (Å²) < 4.78 is 39.6. The third-order valence-corrected chi connectivity index (χ3v) is 5.48. The van der Waals surface area contributed by atoms with Crippen LogP contribution >= 0.6 is 11.3 Å². The predicted octanol–water partition coefficient (Wildman–Crippen LogP) is 3.90. The standard InChI is InChI=1S/C18H17FN2O3S2/c1-11(12-5-3-6-13(9-12)21-26(2,23)24)20-18(22)17-10-14-15(19)7-4-8-16(14)25-17/h3-11,21H,1-2H3,(H,20,22). The minimum Gasteiger partial charge on any atom is -0.345 e. The van der Waals surface area contributed by atoms with E-state index in [1.807, 2.05) is 0 Å². The second kappa shape index (κ2) is 7.05. The molecule has 0 spiro atoms. The van der Waals surface area contributed by atoms with Crippen LogP contribution in [0.15, 0.2) is 48.5 Å². The van der Waals surface area contributed by atoms with Gasteiger partial charge in [0.25, 0.3) is 5.91 Å². The molecular weight excluding hydrogens is 375 g/mol. The van der Waals surface area contributed by atoms with Crippen LogP contribution in [0, 0.1) is 5.82 Å². The summed E-state index contributed by atoms with van der Waals surface area (Å²) in [5.41, 5.74) is 1.18. The highest BCUT2D eigenvalue weighted by atomic mass is 32.2. The number of fused-ring (bicyclic) bond motifs is 1. The lowest BCUT2D eigenvalue weighted by molar-refractivity contribution is 0.0944. The number of rotatable bonds is 5. The first-order valence-corrected chi connectivity index (χ1v) is 10.5. The van der Waals surface area contributed by atoms with Crippen molar-refractivity contribution in [2.75, 3.05) is 11.0 Å². The van der Waals surface area contributed by atoms with Crippen molar-refractivity contribution in [3.05, 3.63) is 64.8 Å². The van der Waals surface area contributed by atoms with Gasteiger partial charge in [0.1, 0.15) is 5.82 Å². The number of benzene rings is 2. The molecule has 0 saturated heterocycles. The van der Waals surface area contributed by atoms with Crippen LogP contribution in [0.25, 0.3) is 10.1 Å². The largest absolute Gasteiger partial charge is 0.345 e. The van der Waals surface area contributed by atoms with Crippen LogP contribution < -0.4 is 10.0 Å². The van der Waals surface area contributed by atoms with E-state index in [0.717, 1.165) is 11.8 Å². The van der Waals surface area contributed by atoms with E-state index in [2.05, 4.69) is 10.0 Å². The van der Waals surface area contributed by atoms with Gasteiger partial charge in [-0.1, -0.05) is 18.2 Å². The number of sulfonamides is 1. The summed E-state index contributed by atoms with van der Waals surface area (Å²) in [6, 6.07) is 12.7. The minimum absolute atomic E-state index is 0.306. The molecule has 5 nitrogen and oxygen atoms in total.